The van der Waals surface area contributed by atoms with Crippen LogP contribution in [0.5, 0.6) is 5.75 Å². The number of hydrogen-bond acceptors (Lipinski definition) is 4. The van der Waals surface area contributed by atoms with Gasteiger partial charge in [-0.1, -0.05) is 30.3 Å². The summed E-state index contributed by atoms with van der Waals surface area (Å²) in [5, 5.41) is 17.7. The molecule has 0 aromatic heterocycles. The van der Waals surface area contributed by atoms with E-state index in [2.05, 4.69) is 6.07 Å². The smallest absolute Gasteiger partial charge is 0.317 e. The zero-order valence-corrected chi connectivity index (χ0v) is 13.6. The second kappa shape index (κ2) is 8.70. The number of ether oxygens (including phenoxy) is 1. The Kier molecular flexibility index (Phi) is 6.35. The first-order valence-corrected chi connectivity index (χ1v) is 7.70. The molecule has 2 rings (SSSR count). The highest BCUT2D eigenvalue weighted by Crippen LogP contribution is 2.25. The van der Waals surface area contributed by atoms with E-state index in [1.54, 1.807) is 36.2 Å². The molecule has 0 bridgehead atoms. The maximum absolute atomic E-state index is 10.8. The third-order valence-corrected chi connectivity index (χ3v) is 3.61. The minimum Gasteiger partial charge on any atom is -0.486 e. The van der Waals surface area contributed by atoms with Crippen LogP contribution in [0.15, 0.2) is 54.6 Å². The van der Waals surface area contributed by atoms with E-state index in [1.807, 2.05) is 30.3 Å². The van der Waals surface area contributed by atoms with Crippen molar-refractivity contribution in [2.45, 2.75) is 12.5 Å². The highest BCUT2D eigenvalue weighted by molar-refractivity contribution is 5.68. The van der Waals surface area contributed by atoms with E-state index in [0.29, 0.717) is 24.3 Å². The minimum absolute atomic E-state index is 0.00161. The molecule has 0 fully saturated rings. The number of carboxylic acids is 1. The zero-order chi connectivity index (χ0) is 17.4. The molecule has 1 N–H and O–H groups in total. The van der Waals surface area contributed by atoms with Gasteiger partial charge in [0.05, 0.1) is 18.2 Å². The molecule has 2 aromatic carbocycles. The molecule has 0 saturated heterocycles. The molecule has 124 valence electrons. The van der Waals surface area contributed by atoms with Crippen molar-refractivity contribution in [3.8, 4) is 11.8 Å². The maximum Gasteiger partial charge on any atom is 0.317 e. The number of nitriles is 1. The van der Waals surface area contributed by atoms with Gasteiger partial charge in [0.25, 0.3) is 0 Å². The number of carboxylic acid groups (broad SMARTS) is 1. The van der Waals surface area contributed by atoms with E-state index in [4.69, 9.17) is 15.1 Å². The molecule has 24 heavy (non-hydrogen) atoms. The van der Waals surface area contributed by atoms with Gasteiger partial charge in [0.15, 0.2) is 0 Å². The molecular formula is C19H20N2O3. The van der Waals surface area contributed by atoms with Crippen molar-refractivity contribution in [2.75, 3.05) is 20.1 Å². The maximum atomic E-state index is 10.8. The lowest BCUT2D eigenvalue weighted by Crippen LogP contribution is -2.28. The van der Waals surface area contributed by atoms with Crippen molar-refractivity contribution >= 4 is 5.97 Å². The number of likely N-dealkylation sites (N-methyl/N-ethyl adjacent to an activating group) is 1. The fourth-order valence-electron chi connectivity index (χ4n) is 2.38. The molecule has 0 aliphatic rings. The second-order valence-electron chi connectivity index (χ2n) is 5.57. The Hall–Kier alpha value is -2.84. The lowest BCUT2D eigenvalue weighted by molar-refractivity contribution is -0.138. The SMILES string of the molecule is CN(CCC(Oc1ccc(C#N)cc1)c1ccccc1)CC(=O)O. The van der Waals surface area contributed by atoms with E-state index in [1.165, 1.54) is 0 Å². The highest BCUT2D eigenvalue weighted by Gasteiger charge is 2.15. The van der Waals surface area contributed by atoms with Crippen LogP contribution in [0.3, 0.4) is 0 Å². The number of benzene rings is 2. The van der Waals surface area contributed by atoms with Crippen LogP contribution in [0.4, 0.5) is 0 Å². The van der Waals surface area contributed by atoms with Gasteiger partial charge in [0.2, 0.25) is 0 Å². The number of aliphatic carboxylic acids is 1. The first-order chi connectivity index (χ1) is 11.6. The summed E-state index contributed by atoms with van der Waals surface area (Å²) < 4.78 is 6.07. The summed E-state index contributed by atoms with van der Waals surface area (Å²) in [7, 11) is 1.78. The molecule has 0 aliphatic carbocycles. The Balaban J connectivity index is 2.08. The molecule has 5 heteroatoms. The van der Waals surface area contributed by atoms with Crippen LogP contribution >= 0.6 is 0 Å². The normalized spacial score (nSPS) is 11.7. The molecule has 1 atom stereocenters. The Morgan fingerprint density at radius 3 is 2.46 bits per heavy atom. The Bertz CT molecular complexity index is 693. The van der Waals surface area contributed by atoms with Crippen molar-refractivity contribution in [1.29, 1.82) is 5.26 Å². The van der Waals surface area contributed by atoms with Crippen molar-refractivity contribution in [3.63, 3.8) is 0 Å². The Labute approximate surface area is 141 Å². The van der Waals surface area contributed by atoms with Gasteiger partial charge in [-0.25, -0.2) is 0 Å². The minimum atomic E-state index is -0.846. The first-order valence-electron chi connectivity index (χ1n) is 7.70. The van der Waals surface area contributed by atoms with Gasteiger partial charge in [-0.3, -0.25) is 9.69 Å². The van der Waals surface area contributed by atoms with Gasteiger partial charge in [-0.2, -0.15) is 5.26 Å². The van der Waals surface area contributed by atoms with Crippen LogP contribution < -0.4 is 4.74 Å². The van der Waals surface area contributed by atoms with Crippen molar-refractivity contribution < 1.29 is 14.6 Å². The van der Waals surface area contributed by atoms with E-state index in [9.17, 15) is 4.79 Å². The molecule has 0 saturated carbocycles. The van der Waals surface area contributed by atoms with Gasteiger partial charge in [0.1, 0.15) is 11.9 Å². The van der Waals surface area contributed by atoms with E-state index in [-0.39, 0.29) is 12.6 Å². The number of nitrogens with zero attached hydrogens (tertiary/aromatic N) is 2. The number of rotatable bonds is 8. The van der Waals surface area contributed by atoms with Gasteiger partial charge in [0, 0.05) is 13.0 Å². The average Bonchev–Trinajstić information content (AvgIpc) is 2.59. The summed E-state index contributed by atoms with van der Waals surface area (Å²) in [4.78, 5) is 12.5. The molecule has 0 spiro atoms. The van der Waals surface area contributed by atoms with Crippen molar-refractivity contribution in [1.82, 2.24) is 4.90 Å². The van der Waals surface area contributed by atoms with Crippen LogP contribution in [0.1, 0.15) is 23.7 Å². The van der Waals surface area contributed by atoms with Crippen LogP contribution in [-0.2, 0) is 4.79 Å². The number of hydrogen-bond donors (Lipinski definition) is 1. The quantitative estimate of drug-likeness (QED) is 0.808. The topological polar surface area (TPSA) is 73.6 Å². The summed E-state index contributed by atoms with van der Waals surface area (Å²) in [5.74, 6) is -0.162. The fraction of sp³-hybridized carbons (Fsp3) is 0.263. The summed E-state index contributed by atoms with van der Waals surface area (Å²) in [6.45, 7) is 0.598. The summed E-state index contributed by atoms with van der Waals surface area (Å²) in [6.07, 6.45) is 0.476. The van der Waals surface area contributed by atoms with E-state index < -0.39 is 5.97 Å². The molecule has 0 aliphatic heterocycles. The molecule has 5 nitrogen and oxygen atoms in total. The van der Waals surface area contributed by atoms with Crippen LogP contribution in [0.25, 0.3) is 0 Å². The largest absolute Gasteiger partial charge is 0.486 e. The van der Waals surface area contributed by atoms with Crippen LogP contribution in [-0.4, -0.2) is 36.1 Å². The first kappa shape index (κ1) is 17.5. The van der Waals surface area contributed by atoms with Gasteiger partial charge in [-0.15, -0.1) is 0 Å². The lowest BCUT2D eigenvalue weighted by Gasteiger charge is -2.22. The molecular weight excluding hydrogens is 304 g/mol. The van der Waals surface area contributed by atoms with Crippen molar-refractivity contribution in [3.05, 3.63) is 65.7 Å². The predicted octanol–water partition coefficient (Wildman–Crippen LogP) is 3.08. The molecule has 0 heterocycles. The molecule has 0 radical (unpaired) electrons. The average molecular weight is 324 g/mol. The molecule has 2 aromatic rings. The summed E-state index contributed by atoms with van der Waals surface area (Å²) in [6, 6.07) is 18.9. The van der Waals surface area contributed by atoms with E-state index >= 15 is 0 Å². The van der Waals surface area contributed by atoms with Crippen LogP contribution in [0.2, 0.25) is 0 Å². The lowest BCUT2D eigenvalue weighted by atomic mass is 10.1. The Morgan fingerprint density at radius 1 is 1.21 bits per heavy atom. The number of carbonyl (C=O) groups is 1. The van der Waals surface area contributed by atoms with Gasteiger partial charge >= 0.3 is 5.97 Å². The summed E-state index contributed by atoms with van der Waals surface area (Å²) in [5.41, 5.74) is 1.62. The highest BCUT2D eigenvalue weighted by atomic mass is 16.5. The van der Waals surface area contributed by atoms with Crippen molar-refractivity contribution in [2.24, 2.45) is 0 Å². The third kappa shape index (κ3) is 5.41. The fourth-order valence-corrected chi connectivity index (χ4v) is 2.38. The standard InChI is InChI=1S/C19H20N2O3/c1-21(14-19(22)23)12-11-18(16-5-3-2-4-6-16)24-17-9-7-15(13-20)8-10-17/h2-10,18H,11-12,14H2,1H3,(H,22,23). The van der Waals surface area contributed by atoms with Gasteiger partial charge < -0.3 is 9.84 Å². The molecule has 0 amide bonds. The monoisotopic (exact) mass is 324 g/mol. The molecule has 1 unspecified atom stereocenters. The Morgan fingerprint density at radius 2 is 1.88 bits per heavy atom. The van der Waals surface area contributed by atoms with Crippen LogP contribution in [0, 0.1) is 11.3 Å². The summed E-state index contributed by atoms with van der Waals surface area (Å²) >= 11 is 0. The van der Waals surface area contributed by atoms with Gasteiger partial charge in [-0.05, 0) is 36.9 Å². The predicted molar refractivity (Wildman–Crippen MR) is 90.7 cm³/mol. The third-order valence-electron chi connectivity index (χ3n) is 3.61. The zero-order valence-electron chi connectivity index (χ0n) is 13.6. The second-order valence-corrected chi connectivity index (χ2v) is 5.57. The van der Waals surface area contributed by atoms with E-state index in [0.717, 1.165) is 5.56 Å².